The molecule has 0 aliphatic heterocycles. The summed E-state index contributed by atoms with van der Waals surface area (Å²) in [7, 11) is 1.43. The van der Waals surface area contributed by atoms with Gasteiger partial charge in [0.2, 0.25) is 0 Å². The van der Waals surface area contributed by atoms with E-state index >= 15 is 0 Å². The molecule has 0 aromatic heterocycles. The molecule has 186 valence electrons. The van der Waals surface area contributed by atoms with Gasteiger partial charge in [-0.25, -0.2) is 13.2 Å². The van der Waals surface area contributed by atoms with Gasteiger partial charge in [0.1, 0.15) is 0 Å². The van der Waals surface area contributed by atoms with E-state index in [2.05, 4.69) is 6.92 Å². The zero-order valence-electron chi connectivity index (χ0n) is 20.8. The van der Waals surface area contributed by atoms with Gasteiger partial charge in [0.05, 0.1) is 7.11 Å². The van der Waals surface area contributed by atoms with Gasteiger partial charge in [-0.15, -0.1) is 0 Å². The second-order valence-electron chi connectivity index (χ2n) is 9.10. The summed E-state index contributed by atoms with van der Waals surface area (Å²) in [5.74, 6) is -1.80. The van der Waals surface area contributed by atoms with Crippen molar-refractivity contribution in [3.8, 4) is 28.0 Å². The minimum absolute atomic E-state index is 0.204. The molecule has 4 aromatic rings. The number of rotatable bonds is 10. The van der Waals surface area contributed by atoms with Crippen LogP contribution in [-0.4, -0.2) is 7.11 Å². The summed E-state index contributed by atoms with van der Waals surface area (Å²) in [5.41, 5.74) is 5.16. The van der Waals surface area contributed by atoms with Crippen LogP contribution in [0.2, 0.25) is 0 Å². The number of hydrogen-bond donors (Lipinski definition) is 0. The molecule has 36 heavy (non-hydrogen) atoms. The lowest BCUT2D eigenvalue weighted by Gasteiger charge is -2.10. The van der Waals surface area contributed by atoms with E-state index < -0.39 is 17.5 Å². The van der Waals surface area contributed by atoms with Gasteiger partial charge in [-0.2, -0.15) is 0 Å². The Morgan fingerprint density at radius 1 is 0.611 bits per heavy atom. The van der Waals surface area contributed by atoms with E-state index in [0.717, 1.165) is 29.5 Å². The molecule has 0 N–H and O–H groups in total. The second-order valence-corrected chi connectivity index (χ2v) is 9.10. The fourth-order valence-corrected chi connectivity index (χ4v) is 4.42. The summed E-state index contributed by atoms with van der Waals surface area (Å²) in [6, 6.07) is 23.6. The van der Waals surface area contributed by atoms with Gasteiger partial charge in [0, 0.05) is 5.56 Å². The summed E-state index contributed by atoms with van der Waals surface area (Å²) in [5, 5.41) is 0. The topological polar surface area (TPSA) is 9.23 Å². The first-order chi connectivity index (χ1) is 17.5. The Kier molecular flexibility index (Phi) is 8.48. The highest BCUT2D eigenvalue weighted by atomic mass is 19.2. The summed E-state index contributed by atoms with van der Waals surface area (Å²) in [6.07, 6.45) is 5.45. The van der Waals surface area contributed by atoms with Crippen LogP contribution in [0.4, 0.5) is 13.2 Å². The van der Waals surface area contributed by atoms with Crippen molar-refractivity contribution in [2.75, 3.05) is 7.11 Å². The Morgan fingerprint density at radius 2 is 1.25 bits per heavy atom. The molecule has 0 amide bonds. The standard InChI is InChI=1S/C32H31F3O/c1-3-4-5-6-22-9-14-25(15-10-22)28-19-17-26(31(34)32(28)35)16-11-23-7-12-24(13-8-23)27-18-20-30(36-2)29(33)21-27/h7-10,12-15,17-21H,3-6,11,16H2,1-2H3. The first-order valence-corrected chi connectivity index (χ1v) is 12.5. The van der Waals surface area contributed by atoms with E-state index in [4.69, 9.17) is 4.74 Å². The van der Waals surface area contributed by atoms with Crippen LogP contribution < -0.4 is 4.74 Å². The lowest BCUT2D eigenvalue weighted by atomic mass is 9.97. The third-order valence-electron chi connectivity index (χ3n) is 6.62. The first kappa shape index (κ1) is 25.6. The van der Waals surface area contributed by atoms with Crippen molar-refractivity contribution in [2.45, 2.75) is 45.4 Å². The van der Waals surface area contributed by atoms with Gasteiger partial charge in [-0.3, -0.25) is 0 Å². The van der Waals surface area contributed by atoms with Crippen molar-refractivity contribution in [3.05, 3.63) is 113 Å². The van der Waals surface area contributed by atoms with Crippen molar-refractivity contribution in [3.63, 3.8) is 0 Å². The average Bonchev–Trinajstić information content (AvgIpc) is 2.90. The van der Waals surface area contributed by atoms with E-state index in [-0.39, 0.29) is 11.3 Å². The summed E-state index contributed by atoms with van der Waals surface area (Å²) >= 11 is 0. The number of benzene rings is 4. The molecule has 0 radical (unpaired) electrons. The van der Waals surface area contributed by atoms with Crippen LogP contribution >= 0.6 is 0 Å². The number of methoxy groups -OCH3 is 1. The van der Waals surface area contributed by atoms with Gasteiger partial charge in [0.15, 0.2) is 23.2 Å². The summed E-state index contributed by atoms with van der Waals surface area (Å²) in [4.78, 5) is 0. The fourth-order valence-electron chi connectivity index (χ4n) is 4.42. The number of ether oxygens (including phenoxy) is 1. The van der Waals surface area contributed by atoms with Crippen LogP contribution in [0.1, 0.15) is 42.9 Å². The van der Waals surface area contributed by atoms with Gasteiger partial charge in [0.25, 0.3) is 0 Å². The molecule has 0 bridgehead atoms. The maximum atomic E-state index is 14.9. The van der Waals surface area contributed by atoms with Gasteiger partial charge < -0.3 is 4.74 Å². The largest absolute Gasteiger partial charge is 0.494 e. The van der Waals surface area contributed by atoms with Crippen LogP contribution in [0.15, 0.2) is 78.9 Å². The zero-order chi connectivity index (χ0) is 25.5. The SMILES string of the molecule is CCCCCc1ccc(-c2ccc(CCc3ccc(-c4ccc(OC)c(F)c4)cc3)c(F)c2F)cc1. The van der Waals surface area contributed by atoms with E-state index in [1.54, 1.807) is 24.3 Å². The first-order valence-electron chi connectivity index (χ1n) is 12.5. The van der Waals surface area contributed by atoms with Crippen LogP contribution in [-0.2, 0) is 19.3 Å². The van der Waals surface area contributed by atoms with Crippen molar-refractivity contribution in [1.29, 1.82) is 0 Å². The van der Waals surface area contributed by atoms with E-state index in [1.165, 1.54) is 31.6 Å². The molecular weight excluding hydrogens is 457 g/mol. The molecule has 0 fully saturated rings. The maximum absolute atomic E-state index is 14.9. The number of halogens is 3. The Labute approximate surface area is 211 Å². The molecule has 0 unspecified atom stereocenters. The van der Waals surface area contributed by atoms with Gasteiger partial charge in [-0.05, 0) is 71.2 Å². The normalized spacial score (nSPS) is 11.0. The van der Waals surface area contributed by atoms with Crippen molar-refractivity contribution in [2.24, 2.45) is 0 Å². The molecule has 0 atom stereocenters. The zero-order valence-corrected chi connectivity index (χ0v) is 20.8. The highest BCUT2D eigenvalue weighted by Gasteiger charge is 2.15. The second kappa shape index (κ2) is 11.9. The minimum Gasteiger partial charge on any atom is -0.494 e. The smallest absolute Gasteiger partial charge is 0.166 e. The highest BCUT2D eigenvalue weighted by Crippen LogP contribution is 2.29. The molecule has 0 spiro atoms. The van der Waals surface area contributed by atoms with Crippen LogP contribution in [0, 0.1) is 17.5 Å². The van der Waals surface area contributed by atoms with Crippen molar-refractivity contribution in [1.82, 2.24) is 0 Å². The average molecular weight is 489 g/mol. The third-order valence-corrected chi connectivity index (χ3v) is 6.62. The molecular formula is C32H31F3O. The molecule has 0 heterocycles. The van der Waals surface area contributed by atoms with E-state index in [1.807, 2.05) is 48.5 Å². The summed E-state index contributed by atoms with van der Waals surface area (Å²) < 4.78 is 48.8. The molecule has 4 aromatic carbocycles. The molecule has 4 heteroatoms. The highest BCUT2D eigenvalue weighted by molar-refractivity contribution is 5.66. The Balaban J connectivity index is 1.41. The molecule has 0 saturated heterocycles. The minimum atomic E-state index is -0.803. The Morgan fingerprint density at radius 3 is 1.89 bits per heavy atom. The predicted molar refractivity (Wildman–Crippen MR) is 141 cm³/mol. The summed E-state index contributed by atoms with van der Waals surface area (Å²) in [6.45, 7) is 2.17. The maximum Gasteiger partial charge on any atom is 0.166 e. The van der Waals surface area contributed by atoms with Crippen LogP contribution in [0.25, 0.3) is 22.3 Å². The fraction of sp³-hybridized carbons (Fsp3) is 0.250. The van der Waals surface area contributed by atoms with Crippen molar-refractivity contribution < 1.29 is 17.9 Å². The number of aryl methyl sites for hydroxylation is 3. The Hall–Kier alpha value is -3.53. The number of unbranched alkanes of at least 4 members (excludes halogenated alkanes) is 2. The van der Waals surface area contributed by atoms with Crippen LogP contribution in [0.5, 0.6) is 5.75 Å². The van der Waals surface area contributed by atoms with E-state index in [9.17, 15) is 13.2 Å². The van der Waals surface area contributed by atoms with Gasteiger partial charge in [-0.1, -0.05) is 86.5 Å². The number of hydrogen-bond acceptors (Lipinski definition) is 1. The van der Waals surface area contributed by atoms with Crippen molar-refractivity contribution >= 4 is 0 Å². The lowest BCUT2D eigenvalue weighted by molar-refractivity contribution is 0.386. The molecule has 1 nitrogen and oxygen atoms in total. The lowest BCUT2D eigenvalue weighted by Crippen LogP contribution is -2.00. The Bertz CT molecular complexity index is 1290. The molecule has 0 aliphatic rings. The molecule has 0 saturated carbocycles. The molecule has 4 rings (SSSR count). The van der Waals surface area contributed by atoms with Gasteiger partial charge >= 0.3 is 0 Å². The quantitative estimate of drug-likeness (QED) is 0.202. The molecule has 0 aliphatic carbocycles. The predicted octanol–water partition coefficient (Wildman–Crippen LogP) is 8.96. The van der Waals surface area contributed by atoms with E-state index in [0.29, 0.717) is 24.0 Å². The third kappa shape index (κ3) is 5.99. The van der Waals surface area contributed by atoms with Crippen LogP contribution in [0.3, 0.4) is 0 Å². The monoisotopic (exact) mass is 488 g/mol.